The number of aliphatic hydroxyl groups excluding tert-OH is 1. The fraction of sp³-hybridized carbons (Fsp3) is 0.533. The van der Waals surface area contributed by atoms with Crippen LogP contribution in [-0.4, -0.2) is 41.5 Å². The van der Waals surface area contributed by atoms with E-state index in [-0.39, 0.29) is 18.4 Å². The molecule has 3 heteroatoms. The molecule has 98 valence electrons. The van der Waals surface area contributed by atoms with Gasteiger partial charge in [-0.15, -0.1) is 0 Å². The fourth-order valence-corrected chi connectivity index (χ4v) is 2.58. The maximum atomic E-state index is 12.0. The third-order valence-corrected chi connectivity index (χ3v) is 3.58. The molecule has 0 saturated carbocycles. The summed E-state index contributed by atoms with van der Waals surface area (Å²) in [5.74, 6) is 0.238. The highest BCUT2D eigenvalue weighted by molar-refractivity contribution is 5.82. The van der Waals surface area contributed by atoms with Crippen molar-refractivity contribution in [3.63, 3.8) is 0 Å². The van der Waals surface area contributed by atoms with Crippen LogP contribution >= 0.6 is 0 Å². The molecule has 1 saturated heterocycles. The van der Waals surface area contributed by atoms with Gasteiger partial charge in [0.2, 0.25) is 0 Å². The summed E-state index contributed by atoms with van der Waals surface area (Å²) in [4.78, 5) is 14.2. The summed E-state index contributed by atoms with van der Waals surface area (Å²) in [6, 6.07) is 10.0. The number of ketones is 1. The van der Waals surface area contributed by atoms with Crippen LogP contribution < -0.4 is 0 Å². The van der Waals surface area contributed by atoms with Gasteiger partial charge in [0.15, 0.2) is 5.78 Å². The molecule has 1 aliphatic heterocycles. The molecule has 1 aromatic carbocycles. The van der Waals surface area contributed by atoms with E-state index in [2.05, 4.69) is 4.90 Å². The van der Waals surface area contributed by atoms with Crippen LogP contribution in [-0.2, 0) is 11.2 Å². The van der Waals surface area contributed by atoms with E-state index in [4.69, 9.17) is 0 Å². The monoisotopic (exact) mass is 247 g/mol. The Bertz CT molecular complexity index is 377. The van der Waals surface area contributed by atoms with E-state index in [1.54, 1.807) is 0 Å². The van der Waals surface area contributed by atoms with Gasteiger partial charge in [-0.2, -0.15) is 0 Å². The molecule has 18 heavy (non-hydrogen) atoms. The molecule has 1 unspecified atom stereocenters. The maximum Gasteiger partial charge on any atom is 0.151 e. The average molecular weight is 247 g/mol. The van der Waals surface area contributed by atoms with Crippen molar-refractivity contribution < 1.29 is 9.90 Å². The average Bonchev–Trinajstić information content (AvgIpc) is 2.40. The minimum Gasteiger partial charge on any atom is -0.395 e. The first-order valence-corrected chi connectivity index (χ1v) is 6.70. The highest BCUT2D eigenvalue weighted by Gasteiger charge is 2.23. The van der Waals surface area contributed by atoms with Crippen LogP contribution in [0.25, 0.3) is 0 Å². The second-order valence-corrected chi connectivity index (χ2v) is 5.00. The Morgan fingerprint density at radius 1 is 1.28 bits per heavy atom. The Labute approximate surface area is 108 Å². The van der Waals surface area contributed by atoms with Gasteiger partial charge < -0.3 is 5.11 Å². The van der Waals surface area contributed by atoms with Crippen LogP contribution in [0.5, 0.6) is 0 Å². The Kier molecular flexibility index (Phi) is 4.90. The number of likely N-dealkylation sites (tertiary alicyclic amines) is 1. The molecule has 1 heterocycles. The summed E-state index contributed by atoms with van der Waals surface area (Å²) in [5.41, 5.74) is 1.07. The molecule has 1 atom stereocenters. The number of carbonyl (C=O) groups is 1. The van der Waals surface area contributed by atoms with E-state index in [0.29, 0.717) is 13.0 Å². The van der Waals surface area contributed by atoms with E-state index >= 15 is 0 Å². The molecule has 0 bridgehead atoms. The molecule has 0 amide bonds. The van der Waals surface area contributed by atoms with Crippen molar-refractivity contribution in [2.45, 2.75) is 31.7 Å². The van der Waals surface area contributed by atoms with Crippen LogP contribution in [0.1, 0.15) is 24.8 Å². The van der Waals surface area contributed by atoms with Crippen LogP contribution in [0, 0.1) is 0 Å². The van der Waals surface area contributed by atoms with Crippen molar-refractivity contribution in [2.24, 2.45) is 0 Å². The normalized spacial score (nSPS) is 20.8. The van der Waals surface area contributed by atoms with Crippen LogP contribution in [0.3, 0.4) is 0 Å². The number of benzene rings is 1. The zero-order valence-electron chi connectivity index (χ0n) is 10.7. The predicted molar refractivity (Wildman–Crippen MR) is 71.5 cm³/mol. The Hall–Kier alpha value is -1.19. The molecule has 3 nitrogen and oxygen atoms in total. The molecule has 1 aliphatic rings. The van der Waals surface area contributed by atoms with Crippen LogP contribution in [0.15, 0.2) is 30.3 Å². The first-order valence-electron chi connectivity index (χ1n) is 6.70. The number of aliphatic hydroxyl groups is 1. The summed E-state index contributed by atoms with van der Waals surface area (Å²) in [7, 11) is 0. The van der Waals surface area contributed by atoms with Crippen LogP contribution in [0.2, 0.25) is 0 Å². The van der Waals surface area contributed by atoms with Crippen molar-refractivity contribution in [1.82, 2.24) is 4.90 Å². The molecule has 1 N–H and O–H groups in total. The summed E-state index contributed by atoms with van der Waals surface area (Å²) in [5, 5.41) is 9.31. The highest BCUT2D eigenvalue weighted by atomic mass is 16.3. The topological polar surface area (TPSA) is 40.5 Å². The standard InChI is InChI=1S/C15H21NO2/c17-12-14-8-4-5-9-16(14)11-15(18)10-13-6-2-1-3-7-13/h1-3,6-7,14,17H,4-5,8-12H2. The minimum absolute atomic E-state index is 0.165. The molecule has 0 radical (unpaired) electrons. The lowest BCUT2D eigenvalue weighted by molar-refractivity contribution is -0.120. The molecule has 2 rings (SSSR count). The first-order chi connectivity index (χ1) is 8.79. The smallest absolute Gasteiger partial charge is 0.151 e. The summed E-state index contributed by atoms with van der Waals surface area (Å²) in [6.45, 7) is 1.57. The molecule has 0 aromatic heterocycles. The maximum absolute atomic E-state index is 12.0. The quantitative estimate of drug-likeness (QED) is 0.860. The minimum atomic E-state index is 0.165. The molecular formula is C15H21NO2. The largest absolute Gasteiger partial charge is 0.395 e. The van der Waals surface area contributed by atoms with Gasteiger partial charge in [0.1, 0.15) is 0 Å². The van der Waals surface area contributed by atoms with Gasteiger partial charge in [-0.05, 0) is 24.9 Å². The van der Waals surface area contributed by atoms with E-state index in [9.17, 15) is 9.90 Å². The van der Waals surface area contributed by atoms with Gasteiger partial charge in [-0.3, -0.25) is 9.69 Å². The van der Waals surface area contributed by atoms with Gasteiger partial charge in [0.25, 0.3) is 0 Å². The highest BCUT2D eigenvalue weighted by Crippen LogP contribution is 2.16. The van der Waals surface area contributed by atoms with Gasteiger partial charge >= 0.3 is 0 Å². The Morgan fingerprint density at radius 3 is 2.78 bits per heavy atom. The number of hydrogen-bond acceptors (Lipinski definition) is 3. The molecule has 0 spiro atoms. The first kappa shape index (κ1) is 13.2. The second kappa shape index (κ2) is 6.66. The lowest BCUT2D eigenvalue weighted by atomic mass is 10.0. The summed E-state index contributed by atoms with van der Waals surface area (Å²) >= 11 is 0. The predicted octanol–water partition coefficient (Wildman–Crippen LogP) is 1.64. The van der Waals surface area contributed by atoms with Gasteiger partial charge in [-0.1, -0.05) is 36.8 Å². The molecular weight excluding hydrogens is 226 g/mol. The number of rotatable bonds is 5. The zero-order valence-corrected chi connectivity index (χ0v) is 10.7. The molecule has 1 aromatic rings. The zero-order chi connectivity index (χ0) is 12.8. The van der Waals surface area contributed by atoms with Crippen molar-refractivity contribution >= 4 is 5.78 Å². The summed E-state index contributed by atoms with van der Waals surface area (Å²) in [6.07, 6.45) is 3.80. The van der Waals surface area contributed by atoms with Crippen LogP contribution in [0.4, 0.5) is 0 Å². The van der Waals surface area contributed by atoms with E-state index < -0.39 is 0 Å². The van der Waals surface area contributed by atoms with Crippen molar-refractivity contribution in [1.29, 1.82) is 0 Å². The number of hydrogen-bond donors (Lipinski definition) is 1. The number of carbonyl (C=O) groups excluding carboxylic acids is 1. The lowest BCUT2D eigenvalue weighted by Gasteiger charge is -2.33. The number of nitrogens with zero attached hydrogens (tertiary/aromatic N) is 1. The Balaban J connectivity index is 1.86. The molecule has 1 fully saturated rings. The summed E-state index contributed by atoms with van der Waals surface area (Å²) < 4.78 is 0. The van der Waals surface area contributed by atoms with Crippen molar-refractivity contribution in [2.75, 3.05) is 19.7 Å². The van der Waals surface area contributed by atoms with E-state index in [1.165, 1.54) is 0 Å². The SMILES string of the molecule is O=C(Cc1ccccc1)CN1CCCCC1CO. The number of piperidine rings is 1. The van der Waals surface area contributed by atoms with Gasteiger partial charge in [0.05, 0.1) is 13.2 Å². The third-order valence-electron chi connectivity index (χ3n) is 3.58. The van der Waals surface area contributed by atoms with Gasteiger partial charge in [0, 0.05) is 12.5 Å². The second-order valence-electron chi connectivity index (χ2n) is 5.00. The Morgan fingerprint density at radius 2 is 2.06 bits per heavy atom. The lowest BCUT2D eigenvalue weighted by Crippen LogP contribution is -2.44. The van der Waals surface area contributed by atoms with Crippen molar-refractivity contribution in [3.8, 4) is 0 Å². The third kappa shape index (κ3) is 3.65. The fourth-order valence-electron chi connectivity index (χ4n) is 2.58. The van der Waals surface area contributed by atoms with E-state index in [0.717, 1.165) is 31.4 Å². The van der Waals surface area contributed by atoms with Crippen molar-refractivity contribution in [3.05, 3.63) is 35.9 Å². The van der Waals surface area contributed by atoms with Gasteiger partial charge in [-0.25, -0.2) is 0 Å². The number of Topliss-reactive ketones (excluding diaryl/α,β-unsaturated/α-hetero) is 1. The molecule has 0 aliphatic carbocycles. The van der Waals surface area contributed by atoms with E-state index in [1.807, 2.05) is 30.3 Å².